The van der Waals surface area contributed by atoms with Gasteiger partial charge < -0.3 is 21.1 Å². The smallest absolute Gasteiger partial charge is 0.225 e. The molecule has 0 aliphatic carbocycles. The summed E-state index contributed by atoms with van der Waals surface area (Å²) < 4.78 is 0. The van der Waals surface area contributed by atoms with Gasteiger partial charge in [-0.3, -0.25) is 4.79 Å². The molecule has 0 aromatic heterocycles. The van der Waals surface area contributed by atoms with Crippen LogP contribution in [0.1, 0.15) is 13.3 Å². The Labute approximate surface area is 128 Å². The van der Waals surface area contributed by atoms with Crippen LogP contribution in [-0.4, -0.2) is 42.2 Å². The van der Waals surface area contributed by atoms with Gasteiger partial charge in [-0.2, -0.15) is 0 Å². The minimum absolute atomic E-state index is 0.00647. The normalized spacial score (nSPS) is 12.5. The maximum Gasteiger partial charge on any atom is 0.225 e. The van der Waals surface area contributed by atoms with E-state index in [1.807, 2.05) is 18.9 Å². The number of rotatable bonds is 6. The van der Waals surface area contributed by atoms with Crippen LogP contribution < -0.4 is 11.1 Å². The molecule has 1 atom stereocenters. The minimum Gasteiger partial charge on any atom is -0.397 e. The summed E-state index contributed by atoms with van der Waals surface area (Å²) in [7, 11) is 1.85. The molecule has 0 aliphatic heterocycles. The van der Waals surface area contributed by atoms with Crippen LogP contribution in [0.2, 0.25) is 10.0 Å². The van der Waals surface area contributed by atoms with Gasteiger partial charge in [0, 0.05) is 24.0 Å². The molecule has 0 saturated heterocycles. The Hall–Kier alpha value is -1.01. The highest BCUT2D eigenvalue weighted by atomic mass is 35.5. The van der Waals surface area contributed by atoms with E-state index in [9.17, 15) is 4.79 Å². The number of carbonyl (C=O) groups is 1. The maximum absolute atomic E-state index is 11.9. The Morgan fingerprint density at radius 3 is 2.70 bits per heavy atom. The summed E-state index contributed by atoms with van der Waals surface area (Å²) in [5, 5.41) is 12.4. The third-order valence-electron chi connectivity index (χ3n) is 3.06. The number of anilines is 2. The van der Waals surface area contributed by atoms with Crippen molar-refractivity contribution in [3.8, 4) is 0 Å². The van der Waals surface area contributed by atoms with Crippen LogP contribution in [0.3, 0.4) is 0 Å². The summed E-state index contributed by atoms with van der Waals surface area (Å²) in [6.45, 7) is 2.46. The van der Waals surface area contributed by atoms with Gasteiger partial charge in [-0.1, -0.05) is 23.2 Å². The monoisotopic (exact) mass is 319 g/mol. The first-order valence-electron chi connectivity index (χ1n) is 6.20. The highest BCUT2D eigenvalue weighted by molar-refractivity contribution is 6.37. The Balaban J connectivity index is 2.59. The molecular formula is C13H19Cl2N3O2. The Bertz CT molecular complexity index is 460. The summed E-state index contributed by atoms with van der Waals surface area (Å²) >= 11 is 11.8. The average Bonchev–Trinajstić information content (AvgIpc) is 2.39. The highest BCUT2D eigenvalue weighted by Gasteiger charge is 2.13. The zero-order valence-corrected chi connectivity index (χ0v) is 13.0. The van der Waals surface area contributed by atoms with Gasteiger partial charge in [-0.25, -0.2) is 0 Å². The van der Waals surface area contributed by atoms with Crippen molar-refractivity contribution in [1.82, 2.24) is 4.90 Å². The summed E-state index contributed by atoms with van der Waals surface area (Å²) in [6, 6.07) is 3.06. The lowest BCUT2D eigenvalue weighted by Gasteiger charge is -2.22. The second-order valence-electron chi connectivity index (χ2n) is 4.66. The Kier molecular flexibility index (Phi) is 6.55. The fourth-order valence-corrected chi connectivity index (χ4v) is 2.12. The van der Waals surface area contributed by atoms with E-state index in [2.05, 4.69) is 5.32 Å². The lowest BCUT2D eigenvalue weighted by atomic mass is 10.2. The number of nitrogen functional groups attached to an aromatic ring is 1. The maximum atomic E-state index is 11.9. The van der Waals surface area contributed by atoms with Gasteiger partial charge in [0.25, 0.3) is 0 Å². The number of amides is 1. The zero-order chi connectivity index (χ0) is 15.3. The number of nitrogens with two attached hydrogens (primary N) is 1. The standard InChI is InChI=1S/C13H19Cl2N3O2/c1-8(7-19)18(2)4-3-12(20)17-13-10(15)5-9(14)6-11(13)16/h5-6,8,19H,3-4,7,16H2,1-2H3,(H,17,20). The van der Waals surface area contributed by atoms with Crippen LogP contribution in [0, 0.1) is 0 Å². The van der Waals surface area contributed by atoms with Crippen LogP contribution in [0.25, 0.3) is 0 Å². The second kappa shape index (κ2) is 7.69. The number of benzene rings is 1. The summed E-state index contributed by atoms with van der Waals surface area (Å²) in [5.41, 5.74) is 6.47. The predicted octanol–water partition coefficient (Wildman–Crippen LogP) is 2.22. The highest BCUT2D eigenvalue weighted by Crippen LogP contribution is 2.32. The average molecular weight is 320 g/mol. The second-order valence-corrected chi connectivity index (χ2v) is 5.51. The van der Waals surface area contributed by atoms with Crippen molar-refractivity contribution in [2.75, 3.05) is 31.2 Å². The summed E-state index contributed by atoms with van der Waals surface area (Å²) in [6.07, 6.45) is 0.277. The minimum atomic E-state index is -0.196. The van der Waals surface area contributed by atoms with Gasteiger partial charge in [0.05, 0.1) is 23.0 Å². The van der Waals surface area contributed by atoms with Crippen molar-refractivity contribution >= 4 is 40.5 Å². The molecule has 1 unspecified atom stereocenters. The molecule has 5 nitrogen and oxygen atoms in total. The van der Waals surface area contributed by atoms with Crippen LogP contribution in [0.5, 0.6) is 0 Å². The molecule has 0 heterocycles. The molecule has 0 radical (unpaired) electrons. The van der Waals surface area contributed by atoms with E-state index in [4.69, 9.17) is 34.0 Å². The van der Waals surface area contributed by atoms with E-state index < -0.39 is 0 Å². The molecule has 0 fully saturated rings. The SMILES string of the molecule is CC(CO)N(C)CCC(=O)Nc1c(N)cc(Cl)cc1Cl. The third kappa shape index (κ3) is 4.83. The van der Waals surface area contributed by atoms with E-state index in [1.165, 1.54) is 12.1 Å². The molecule has 1 aromatic rings. The van der Waals surface area contributed by atoms with E-state index >= 15 is 0 Å². The van der Waals surface area contributed by atoms with Crippen molar-refractivity contribution in [1.29, 1.82) is 0 Å². The molecule has 112 valence electrons. The first-order chi connectivity index (χ1) is 9.35. The van der Waals surface area contributed by atoms with Gasteiger partial charge in [0.1, 0.15) is 0 Å². The number of nitrogens with one attached hydrogen (secondary N) is 1. The van der Waals surface area contributed by atoms with Crippen LogP contribution in [0.4, 0.5) is 11.4 Å². The number of carbonyl (C=O) groups excluding carboxylic acids is 1. The molecule has 0 aliphatic rings. The topological polar surface area (TPSA) is 78.6 Å². The number of hydrogen-bond acceptors (Lipinski definition) is 4. The fourth-order valence-electron chi connectivity index (χ4n) is 1.56. The number of likely N-dealkylation sites (N-methyl/N-ethyl adjacent to an activating group) is 1. The van der Waals surface area contributed by atoms with Crippen molar-refractivity contribution in [2.45, 2.75) is 19.4 Å². The third-order valence-corrected chi connectivity index (χ3v) is 3.57. The van der Waals surface area contributed by atoms with Crippen molar-refractivity contribution in [3.05, 3.63) is 22.2 Å². The van der Waals surface area contributed by atoms with Crippen molar-refractivity contribution < 1.29 is 9.90 Å². The quantitative estimate of drug-likeness (QED) is 0.702. The summed E-state index contributed by atoms with van der Waals surface area (Å²) in [4.78, 5) is 13.8. The number of aliphatic hydroxyl groups excluding tert-OH is 1. The van der Waals surface area contributed by atoms with Gasteiger partial charge in [-0.05, 0) is 26.1 Å². The molecule has 0 spiro atoms. The predicted molar refractivity (Wildman–Crippen MR) is 83.3 cm³/mol. The Morgan fingerprint density at radius 1 is 1.50 bits per heavy atom. The first kappa shape index (κ1) is 17.0. The lowest BCUT2D eigenvalue weighted by Crippen LogP contribution is -2.34. The van der Waals surface area contributed by atoms with Gasteiger partial charge >= 0.3 is 0 Å². The number of aliphatic hydroxyl groups is 1. The van der Waals surface area contributed by atoms with Crippen molar-refractivity contribution in [3.63, 3.8) is 0 Å². The van der Waals surface area contributed by atoms with E-state index in [0.717, 1.165) is 0 Å². The van der Waals surface area contributed by atoms with Gasteiger partial charge in [-0.15, -0.1) is 0 Å². The molecule has 4 N–H and O–H groups in total. The molecule has 1 amide bonds. The molecule has 1 aromatic carbocycles. The van der Waals surface area contributed by atoms with E-state index in [0.29, 0.717) is 28.0 Å². The van der Waals surface area contributed by atoms with Crippen LogP contribution in [0.15, 0.2) is 12.1 Å². The number of nitrogens with zero attached hydrogens (tertiary/aromatic N) is 1. The molecule has 20 heavy (non-hydrogen) atoms. The lowest BCUT2D eigenvalue weighted by molar-refractivity contribution is -0.116. The molecule has 1 rings (SSSR count). The molecule has 0 saturated carbocycles. The van der Waals surface area contributed by atoms with Gasteiger partial charge in [0.15, 0.2) is 0 Å². The van der Waals surface area contributed by atoms with Crippen LogP contribution in [-0.2, 0) is 4.79 Å². The number of halogens is 2. The Morgan fingerprint density at radius 2 is 2.15 bits per heavy atom. The molecule has 0 bridgehead atoms. The van der Waals surface area contributed by atoms with Gasteiger partial charge in [0.2, 0.25) is 5.91 Å². The largest absolute Gasteiger partial charge is 0.397 e. The van der Waals surface area contributed by atoms with Crippen LogP contribution >= 0.6 is 23.2 Å². The van der Waals surface area contributed by atoms with Crippen molar-refractivity contribution in [2.24, 2.45) is 0 Å². The molecule has 7 heteroatoms. The van der Waals surface area contributed by atoms with E-state index in [-0.39, 0.29) is 25.0 Å². The zero-order valence-electron chi connectivity index (χ0n) is 11.5. The molecular weight excluding hydrogens is 301 g/mol. The van der Waals surface area contributed by atoms with E-state index in [1.54, 1.807) is 0 Å². The summed E-state index contributed by atoms with van der Waals surface area (Å²) in [5.74, 6) is -0.196. The number of hydrogen-bond donors (Lipinski definition) is 3. The fraction of sp³-hybridized carbons (Fsp3) is 0.462. The first-order valence-corrected chi connectivity index (χ1v) is 6.96.